The third-order valence-corrected chi connectivity index (χ3v) is 6.18. The zero-order valence-electron chi connectivity index (χ0n) is 19.3. The van der Waals surface area contributed by atoms with Gasteiger partial charge in [0.05, 0.1) is 0 Å². The van der Waals surface area contributed by atoms with Crippen molar-refractivity contribution >= 4 is 6.21 Å². The molecule has 1 N–H and O–H groups in total. The van der Waals surface area contributed by atoms with Crippen molar-refractivity contribution in [2.75, 3.05) is 0 Å². The molecule has 0 aliphatic carbocycles. The number of para-hydroxylation sites is 1. The van der Waals surface area contributed by atoms with Gasteiger partial charge in [-0.25, -0.2) is 0 Å². The minimum atomic E-state index is -0.473. The summed E-state index contributed by atoms with van der Waals surface area (Å²) in [6.45, 7) is 8.85. The van der Waals surface area contributed by atoms with Gasteiger partial charge in [-0.1, -0.05) is 99.5 Å². The minimum Gasteiger partial charge on any atom is -0.507 e. The molecule has 0 aliphatic heterocycles. The topological polar surface area (TPSA) is 32.6 Å². The molecular weight excluding hydrogens is 378 g/mol. The lowest BCUT2D eigenvalue weighted by molar-refractivity contribution is 0.456. The zero-order valence-corrected chi connectivity index (χ0v) is 19.3. The molecule has 0 aromatic heterocycles. The average molecular weight is 414 g/mol. The van der Waals surface area contributed by atoms with E-state index in [1.807, 2.05) is 36.5 Å². The Morgan fingerprint density at radius 3 is 1.94 bits per heavy atom. The van der Waals surface area contributed by atoms with Crippen LogP contribution in [0.3, 0.4) is 0 Å². The molecule has 3 rings (SSSR count). The lowest BCUT2D eigenvalue weighted by atomic mass is 9.70. The molecule has 0 saturated heterocycles. The minimum absolute atomic E-state index is 0.247. The molecule has 3 aromatic rings. The van der Waals surface area contributed by atoms with Crippen molar-refractivity contribution < 1.29 is 5.11 Å². The number of aromatic hydroxyl groups is 1. The summed E-state index contributed by atoms with van der Waals surface area (Å²) >= 11 is 0. The van der Waals surface area contributed by atoms with E-state index < -0.39 is 5.41 Å². The molecule has 0 bridgehead atoms. The number of benzene rings is 3. The molecule has 3 aromatic carbocycles. The predicted octanol–water partition coefficient (Wildman–Crippen LogP) is 7.38. The van der Waals surface area contributed by atoms with E-state index in [0.29, 0.717) is 5.75 Å². The molecule has 0 spiro atoms. The van der Waals surface area contributed by atoms with Crippen LogP contribution in [0, 0.1) is 5.92 Å². The monoisotopic (exact) mass is 413 g/mol. The Bertz CT molecular complexity index is 937. The first kappa shape index (κ1) is 22.8. The van der Waals surface area contributed by atoms with Gasteiger partial charge in [0.1, 0.15) is 5.75 Å². The Hall–Kier alpha value is -2.87. The summed E-state index contributed by atoms with van der Waals surface area (Å²) in [5.74, 6) is 1.03. The van der Waals surface area contributed by atoms with Gasteiger partial charge in [0.25, 0.3) is 0 Å². The van der Waals surface area contributed by atoms with Crippen molar-refractivity contribution in [3.63, 3.8) is 0 Å². The number of nitrogens with zero attached hydrogens (tertiary/aromatic N) is 1. The van der Waals surface area contributed by atoms with Crippen LogP contribution in [-0.2, 0) is 5.41 Å². The lowest BCUT2D eigenvalue weighted by Gasteiger charge is -2.32. The first-order valence-electron chi connectivity index (χ1n) is 11.4. The van der Waals surface area contributed by atoms with Gasteiger partial charge in [-0.15, -0.1) is 0 Å². The first-order chi connectivity index (χ1) is 14.9. The number of rotatable bonds is 9. The van der Waals surface area contributed by atoms with E-state index in [1.54, 1.807) is 0 Å². The SMILES string of the molecule is CC(C)CCCC(C)N=Cc1cccc(C(C)(c2ccccc2)c2ccccc2)c1O. The third-order valence-electron chi connectivity index (χ3n) is 6.18. The van der Waals surface area contributed by atoms with E-state index in [2.05, 4.69) is 76.2 Å². The van der Waals surface area contributed by atoms with Gasteiger partial charge >= 0.3 is 0 Å². The highest BCUT2D eigenvalue weighted by atomic mass is 16.3. The van der Waals surface area contributed by atoms with Gasteiger partial charge in [0.15, 0.2) is 0 Å². The normalized spacial score (nSPS) is 13.1. The van der Waals surface area contributed by atoms with Crippen LogP contribution in [0.4, 0.5) is 0 Å². The molecule has 0 radical (unpaired) electrons. The Balaban J connectivity index is 1.96. The fourth-order valence-electron chi connectivity index (χ4n) is 4.19. The molecule has 2 heteroatoms. The zero-order chi connectivity index (χ0) is 22.3. The fourth-order valence-corrected chi connectivity index (χ4v) is 4.19. The molecule has 0 fully saturated rings. The third kappa shape index (κ3) is 5.44. The average Bonchev–Trinajstić information content (AvgIpc) is 2.79. The summed E-state index contributed by atoms with van der Waals surface area (Å²) in [6, 6.07) is 27.0. The molecule has 1 unspecified atom stereocenters. The van der Waals surface area contributed by atoms with Crippen LogP contribution in [0.1, 0.15) is 69.2 Å². The van der Waals surface area contributed by atoms with Gasteiger partial charge in [0, 0.05) is 28.8 Å². The second kappa shape index (κ2) is 10.4. The second-order valence-electron chi connectivity index (χ2n) is 9.05. The molecule has 0 saturated carbocycles. The van der Waals surface area contributed by atoms with E-state index in [-0.39, 0.29) is 6.04 Å². The number of phenolic OH excluding ortho intramolecular Hbond substituents is 1. The summed E-state index contributed by atoms with van der Waals surface area (Å²) in [6.07, 6.45) is 5.32. The number of aliphatic imine (C=N–C) groups is 1. The van der Waals surface area contributed by atoms with Gasteiger partial charge in [-0.2, -0.15) is 0 Å². The first-order valence-corrected chi connectivity index (χ1v) is 11.4. The van der Waals surface area contributed by atoms with Crippen LogP contribution in [-0.4, -0.2) is 17.4 Å². The van der Waals surface area contributed by atoms with Crippen LogP contribution < -0.4 is 0 Å². The summed E-state index contributed by atoms with van der Waals surface area (Å²) in [7, 11) is 0. The van der Waals surface area contributed by atoms with E-state index >= 15 is 0 Å². The van der Waals surface area contributed by atoms with Crippen molar-refractivity contribution in [1.82, 2.24) is 0 Å². The molecule has 2 nitrogen and oxygen atoms in total. The van der Waals surface area contributed by atoms with Gasteiger partial charge in [-0.3, -0.25) is 4.99 Å². The molecule has 0 aliphatic rings. The Kier molecular flexibility index (Phi) is 7.68. The lowest BCUT2D eigenvalue weighted by Crippen LogP contribution is -2.25. The summed E-state index contributed by atoms with van der Waals surface area (Å²) < 4.78 is 0. The van der Waals surface area contributed by atoms with Crippen LogP contribution in [0.15, 0.2) is 83.9 Å². The summed E-state index contributed by atoms with van der Waals surface area (Å²) in [5, 5.41) is 11.3. The largest absolute Gasteiger partial charge is 0.507 e. The highest BCUT2D eigenvalue weighted by Crippen LogP contribution is 2.43. The predicted molar refractivity (Wildman–Crippen MR) is 132 cm³/mol. The van der Waals surface area contributed by atoms with E-state index in [9.17, 15) is 5.11 Å². The maximum absolute atomic E-state index is 11.3. The van der Waals surface area contributed by atoms with Crippen LogP contribution in [0.5, 0.6) is 5.75 Å². The molecule has 0 heterocycles. The van der Waals surface area contributed by atoms with Gasteiger partial charge in [0.2, 0.25) is 0 Å². The fraction of sp³-hybridized carbons (Fsp3) is 0.345. The van der Waals surface area contributed by atoms with Crippen LogP contribution in [0.25, 0.3) is 0 Å². The summed E-state index contributed by atoms with van der Waals surface area (Å²) in [5.41, 5.74) is 3.48. The van der Waals surface area contributed by atoms with Crippen molar-refractivity contribution in [2.24, 2.45) is 10.9 Å². The smallest absolute Gasteiger partial charge is 0.128 e. The number of hydrogen-bond acceptors (Lipinski definition) is 2. The van der Waals surface area contributed by atoms with E-state index in [0.717, 1.165) is 34.6 Å². The second-order valence-corrected chi connectivity index (χ2v) is 9.05. The van der Waals surface area contributed by atoms with E-state index in [1.165, 1.54) is 12.8 Å². The highest BCUT2D eigenvalue weighted by molar-refractivity contribution is 5.85. The van der Waals surface area contributed by atoms with Gasteiger partial charge < -0.3 is 5.11 Å². The van der Waals surface area contributed by atoms with Crippen molar-refractivity contribution in [2.45, 2.75) is 58.4 Å². The number of phenols is 1. The molecule has 31 heavy (non-hydrogen) atoms. The molecule has 1 atom stereocenters. The highest BCUT2D eigenvalue weighted by Gasteiger charge is 2.33. The van der Waals surface area contributed by atoms with Crippen molar-refractivity contribution in [1.29, 1.82) is 0 Å². The van der Waals surface area contributed by atoms with Crippen molar-refractivity contribution in [3.05, 3.63) is 101 Å². The van der Waals surface area contributed by atoms with Crippen molar-refractivity contribution in [3.8, 4) is 5.75 Å². The number of hydrogen-bond donors (Lipinski definition) is 1. The van der Waals surface area contributed by atoms with Crippen LogP contribution in [0.2, 0.25) is 0 Å². The molecule has 162 valence electrons. The Labute approximate surface area is 187 Å². The standard InChI is InChI=1S/C29H35NO/c1-22(2)13-11-14-23(3)30-21-24-15-12-20-27(28(24)31)29(4,25-16-7-5-8-17-25)26-18-9-6-10-19-26/h5-10,12,15-23,31H,11,13-14H2,1-4H3. The Morgan fingerprint density at radius 2 is 1.39 bits per heavy atom. The van der Waals surface area contributed by atoms with E-state index in [4.69, 9.17) is 4.99 Å². The molecule has 0 amide bonds. The quantitative estimate of drug-likeness (QED) is 0.288. The Morgan fingerprint density at radius 1 is 0.806 bits per heavy atom. The van der Waals surface area contributed by atoms with Gasteiger partial charge in [-0.05, 0) is 43.4 Å². The summed E-state index contributed by atoms with van der Waals surface area (Å²) in [4.78, 5) is 4.74. The molecular formula is C29H35NO. The maximum atomic E-state index is 11.3. The van der Waals surface area contributed by atoms with Crippen LogP contribution >= 0.6 is 0 Å². The maximum Gasteiger partial charge on any atom is 0.128 e.